The van der Waals surface area contributed by atoms with Gasteiger partial charge in [-0.1, -0.05) is 128 Å². The van der Waals surface area contributed by atoms with Crippen molar-refractivity contribution in [1.29, 1.82) is 0 Å². The molecule has 7 nitrogen and oxygen atoms in total. The number of aromatic nitrogens is 2. The second-order valence-electron chi connectivity index (χ2n) is 15.5. The van der Waals surface area contributed by atoms with Crippen LogP contribution < -0.4 is 10.1 Å². The number of hydrogen-bond donors (Lipinski definition) is 1. The number of benzene rings is 7. The van der Waals surface area contributed by atoms with E-state index < -0.39 is 0 Å². The number of nitrogens with one attached hydrogen (secondary N) is 1. The lowest BCUT2D eigenvalue weighted by atomic mass is 9.82. The second-order valence-corrected chi connectivity index (χ2v) is 16.4. The summed E-state index contributed by atoms with van der Waals surface area (Å²) in [5, 5.41) is 17.5. The molecule has 0 aliphatic heterocycles. The second kappa shape index (κ2) is 15.4. The minimum Gasteiger partial charge on any atom is -0.457 e. The molecule has 9 aromatic rings. The van der Waals surface area contributed by atoms with Crippen molar-refractivity contribution in [2.75, 3.05) is 5.32 Å². The normalized spacial score (nSPS) is 11.5. The standard InChI is InChI=1S/C51H39BrN4O3/c1-51(2,3)35-29-33(39-16-4-5-17-40(39)41-18-6-8-20-45(41)53-46-21-9-11-24-48(46)56(57)58)28-34(30-35)44-22-13-25-50(54-44)55-47-23-10-7-19-42(47)43-27-26-38(32-49(43)55)59-37-15-12-14-36(52)31-37/h4-32,53H,1-3H3. The largest absolute Gasteiger partial charge is 0.457 e. The Morgan fingerprint density at radius 1 is 0.610 bits per heavy atom. The van der Waals surface area contributed by atoms with E-state index in [1.807, 2.05) is 54.6 Å². The van der Waals surface area contributed by atoms with Crippen molar-refractivity contribution < 1.29 is 9.66 Å². The Labute approximate surface area is 350 Å². The Hall–Kier alpha value is -7.03. The van der Waals surface area contributed by atoms with E-state index in [1.54, 1.807) is 18.2 Å². The molecule has 2 heterocycles. The average Bonchev–Trinajstić information content (AvgIpc) is 3.57. The first kappa shape index (κ1) is 37.5. The van der Waals surface area contributed by atoms with Crippen molar-refractivity contribution >= 4 is 54.8 Å². The Kier molecular flexibility index (Phi) is 9.79. The van der Waals surface area contributed by atoms with Gasteiger partial charge in [-0.3, -0.25) is 14.7 Å². The van der Waals surface area contributed by atoms with Gasteiger partial charge >= 0.3 is 0 Å². The van der Waals surface area contributed by atoms with Crippen molar-refractivity contribution in [2.45, 2.75) is 26.2 Å². The highest BCUT2D eigenvalue weighted by atomic mass is 79.9. The number of fused-ring (bicyclic) bond motifs is 3. The zero-order valence-electron chi connectivity index (χ0n) is 32.7. The number of anilines is 2. The molecule has 0 amide bonds. The van der Waals surface area contributed by atoms with Crippen molar-refractivity contribution in [2.24, 2.45) is 0 Å². The third-order valence-corrected chi connectivity index (χ3v) is 11.1. The quantitative estimate of drug-likeness (QED) is 0.116. The molecule has 288 valence electrons. The Bertz CT molecular complexity index is 3060. The van der Waals surface area contributed by atoms with E-state index in [-0.39, 0.29) is 16.0 Å². The average molecular weight is 836 g/mol. The molecule has 0 saturated heterocycles. The van der Waals surface area contributed by atoms with Crippen molar-refractivity contribution in [3.63, 3.8) is 0 Å². The number of nitro benzene ring substituents is 1. The molecule has 0 aliphatic carbocycles. The van der Waals surface area contributed by atoms with Crippen LogP contribution in [0.1, 0.15) is 26.3 Å². The van der Waals surface area contributed by atoms with Crippen molar-refractivity contribution in [3.05, 3.63) is 196 Å². The fourth-order valence-electron chi connectivity index (χ4n) is 7.68. The van der Waals surface area contributed by atoms with Gasteiger partial charge in [0.05, 0.1) is 21.7 Å². The molecule has 59 heavy (non-hydrogen) atoms. The summed E-state index contributed by atoms with van der Waals surface area (Å²) in [5.74, 6) is 2.28. The van der Waals surface area contributed by atoms with Gasteiger partial charge in [-0.2, -0.15) is 0 Å². The Morgan fingerprint density at radius 3 is 2.07 bits per heavy atom. The lowest BCUT2D eigenvalue weighted by Gasteiger charge is -2.23. The van der Waals surface area contributed by atoms with Gasteiger partial charge in [0, 0.05) is 44.2 Å². The van der Waals surface area contributed by atoms with Crippen LogP contribution in [0.5, 0.6) is 11.5 Å². The summed E-state index contributed by atoms with van der Waals surface area (Å²) in [7, 11) is 0. The molecular weight excluding hydrogens is 796 g/mol. The summed E-state index contributed by atoms with van der Waals surface area (Å²) < 4.78 is 9.51. The number of halogens is 1. The van der Waals surface area contributed by atoms with E-state index in [1.165, 1.54) is 11.6 Å². The number of nitrogens with zero attached hydrogens (tertiary/aromatic N) is 3. The summed E-state index contributed by atoms with van der Waals surface area (Å²) in [6.45, 7) is 6.68. The molecule has 0 bridgehead atoms. The maximum atomic E-state index is 11.9. The number of para-hydroxylation sites is 4. The van der Waals surface area contributed by atoms with Gasteiger partial charge in [0.15, 0.2) is 0 Å². The monoisotopic (exact) mass is 834 g/mol. The van der Waals surface area contributed by atoms with Crippen LogP contribution in [-0.2, 0) is 5.41 Å². The number of hydrogen-bond acceptors (Lipinski definition) is 5. The Morgan fingerprint density at radius 2 is 1.27 bits per heavy atom. The summed E-state index contributed by atoms with van der Waals surface area (Å²) in [4.78, 5) is 16.9. The van der Waals surface area contributed by atoms with Crippen LogP contribution in [0.15, 0.2) is 180 Å². The molecule has 0 saturated carbocycles. The van der Waals surface area contributed by atoms with E-state index >= 15 is 0 Å². The van der Waals surface area contributed by atoms with E-state index in [9.17, 15) is 10.1 Å². The molecule has 9 rings (SSSR count). The first-order valence-electron chi connectivity index (χ1n) is 19.4. The van der Waals surface area contributed by atoms with Gasteiger partial charge in [0.1, 0.15) is 23.0 Å². The van der Waals surface area contributed by atoms with Gasteiger partial charge in [-0.15, -0.1) is 0 Å². The summed E-state index contributed by atoms with van der Waals surface area (Å²) in [6.07, 6.45) is 0. The summed E-state index contributed by atoms with van der Waals surface area (Å²) >= 11 is 3.56. The Balaban J connectivity index is 1.16. The minimum atomic E-state index is -0.361. The lowest BCUT2D eigenvalue weighted by Crippen LogP contribution is -2.11. The fourth-order valence-corrected chi connectivity index (χ4v) is 8.06. The topological polar surface area (TPSA) is 82.2 Å². The molecule has 2 aromatic heterocycles. The lowest BCUT2D eigenvalue weighted by molar-refractivity contribution is -0.383. The van der Waals surface area contributed by atoms with E-state index in [4.69, 9.17) is 9.72 Å². The van der Waals surface area contributed by atoms with Gasteiger partial charge in [0.2, 0.25) is 0 Å². The molecule has 1 N–H and O–H groups in total. The molecule has 0 aliphatic rings. The summed E-state index contributed by atoms with van der Waals surface area (Å²) in [6, 6.07) is 58.4. The fraction of sp³-hybridized carbons (Fsp3) is 0.0784. The molecule has 7 aromatic carbocycles. The van der Waals surface area contributed by atoms with E-state index in [2.05, 4.69) is 144 Å². The van der Waals surface area contributed by atoms with Crippen LogP contribution in [0, 0.1) is 10.1 Å². The molecule has 0 fully saturated rings. The highest BCUT2D eigenvalue weighted by Gasteiger charge is 2.21. The predicted octanol–water partition coefficient (Wildman–Crippen LogP) is 14.7. The van der Waals surface area contributed by atoms with Crippen LogP contribution in [0.25, 0.3) is 61.1 Å². The smallest absolute Gasteiger partial charge is 0.292 e. The predicted molar refractivity (Wildman–Crippen MR) is 244 cm³/mol. The highest BCUT2D eigenvalue weighted by Crippen LogP contribution is 2.42. The van der Waals surface area contributed by atoms with E-state index in [0.29, 0.717) is 5.69 Å². The zero-order chi connectivity index (χ0) is 40.7. The van der Waals surface area contributed by atoms with Gasteiger partial charge in [-0.25, -0.2) is 4.98 Å². The maximum Gasteiger partial charge on any atom is 0.292 e. The van der Waals surface area contributed by atoms with Crippen LogP contribution in [-0.4, -0.2) is 14.5 Å². The maximum absolute atomic E-state index is 11.9. The number of nitro groups is 1. The van der Waals surface area contributed by atoms with Gasteiger partial charge in [0.25, 0.3) is 5.69 Å². The third kappa shape index (κ3) is 7.46. The van der Waals surface area contributed by atoms with Gasteiger partial charge < -0.3 is 10.1 Å². The molecule has 8 heteroatoms. The number of ether oxygens (including phenoxy) is 1. The molecule has 0 radical (unpaired) electrons. The summed E-state index contributed by atoms with van der Waals surface area (Å²) in [5.41, 5.74) is 10.1. The molecule has 0 spiro atoms. The zero-order valence-corrected chi connectivity index (χ0v) is 34.3. The van der Waals surface area contributed by atoms with Crippen LogP contribution in [0.4, 0.5) is 17.1 Å². The van der Waals surface area contributed by atoms with Gasteiger partial charge in [-0.05, 0) is 100 Å². The van der Waals surface area contributed by atoms with Crippen LogP contribution in [0.2, 0.25) is 0 Å². The molecule has 0 atom stereocenters. The van der Waals surface area contributed by atoms with Crippen molar-refractivity contribution in [3.8, 4) is 50.8 Å². The first-order chi connectivity index (χ1) is 28.6. The minimum absolute atomic E-state index is 0.0168. The first-order valence-corrected chi connectivity index (χ1v) is 20.2. The molecule has 0 unspecified atom stereocenters. The van der Waals surface area contributed by atoms with Crippen molar-refractivity contribution in [1.82, 2.24) is 9.55 Å². The third-order valence-electron chi connectivity index (χ3n) is 10.6. The van der Waals surface area contributed by atoms with Crippen LogP contribution >= 0.6 is 15.9 Å². The van der Waals surface area contributed by atoms with Crippen LogP contribution in [0.3, 0.4) is 0 Å². The number of pyridine rings is 1. The number of rotatable bonds is 9. The van der Waals surface area contributed by atoms with E-state index in [0.717, 1.165) is 82.8 Å². The SMILES string of the molecule is CC(C)(C)c1cc(-c2cccc(-n3c4ccccc4c4ccc(Oc5cccc(Br)c5)cc43)n2)cc(-c2ccccc2-c2ccccc2Nc2ccccc2[N+](=O)[O-])c1. The molecular formula is C51H39BrN4O3. The highest BCUT2D eigenvalue weighted by molar-refractivity contribution is 9.10.